The largest absolute Gasteiger partial charge is 0.324 e. The molecule has 0 unspecified atom stereocenters. The van der Waals surface area contributed by atoms with Crippen molar-refractivity contribution in [3.8, 4) is 6.07 Å². The second-order valence-corrected chi connectivity index (χ2v) is 5.83. The van der Waals surface area contributed by atoms with Crippen LogP contribution >= 0.6 is 15.9 Å². The molecule has 1 heterocycles. The Morgan fingerprint density at radius 3 is 2.42 bits per heavy atom. The maximum atomic E-state index is 12.5. The van der Waals surface area contributed by atoms with Gasteiger partial charge in [-0.05, 0) is 54.6 Å². The molecule has 1 aromatic heterocycles. The van der Waals surface area contributed by atoms with Gasteiger partial charge in [-0.1, -0.05) is 15.9 Å². The van der Waals surface area contributed by atoms with Crippen LogP contribution in [0.1, 0.15) is 21.6 Å². The third-order valence-corrected chi connectivity index (χ3v) is 3.79. The number of halogens is 1. The zero-order chi connectivity index (χ0) is 16.9. The van der Waals surface area contributed by atoms with Gasteiger partial charge in [-0.25, -0.2) is 9.97 Å². The number of hydrogen-bond acceptors (Lipinski definition) is 5. The van der Waals surface area contributed by atoms with Gasteiger partial charge in [0.2, 0.25) is 11.7 Å². The molecule has 0 aliphatic heterocycles. The number of hydrogen-bond donors (Lipinski definition) is 1. The summed E-state index contributed by atoms with van der Waals surface area (Å²) in [5.41, 5.74) is 2.17. The van der Waals surface area contributed by atoms with Crippen molar-refractivity contribution in [3.63, 3.8) is 0 Å². The highest BCUT2D eigenvalue weighted by Crippen LogP contribution is 2.16. The smallest absolute Gasteiger partial charge is 0.227 e. The first-order valence-corrected chi connectivity index (χ1v) is 7.85. The summed E-state index contributed by atoms with van der Waals surface area (Å²) >= 11 is 3.34. The monoisotopic (exact) mass is 378 g/mol. The lowest BCUT2D eigenvalue weighted by atomic mass is 10.1. The predicted octanol–water partition coefficient (Wildman–Crippen LogP) is 4.09. The number of nitriles is 1. The minimum absolute atomic E-state index is 0.173. The Hall–Kier alpha value is -3.04. The lowest BCUT2D eigenvalue weighted by molar-refractivity contribution is 0.103. The first-order chi connectivity index (χ1) is 11.7. The van der Waals surface area contributed by atoms with E-state index >= 15 is 0 Å². The molecule has 5 nitrogen and oxygen atoms in total. The normalized spacial score (nSPS) is 10.0. The molecule has 24 heavy (non-hydrogen) atoms. The molecule has 116 valence electrons. The molecule has 3 aromatic rings. The van der Waals surface area contributed by atoms with Crippen LogP contribution < -0.4 is 5.32 Å². The third-order valence-electron chi connectivity index (χ3n) is 3.26. The fourth-order valence-corrected chi connectivity index (χ4v) is 2.32. The molecule has 2 aromatic carbocycles. The summed E-state index contributed by atoms with van der Waals surface area (Å²) in [5, 5.41) is 11.8. The first-order valence-electron chi connectivity index (χ1n) is 7.06. The van der Waals surface area contributed by atoms with Crippen LogP contribution in [0.5, 0.6) is 0 Å². The summed E-state index contributed by atoms with van der Waals surface area (Å²) in [5.74, 6) is 0.149. The highest BCUT2D eigenvalue weighted by Gasteiger charge is 2.11. The second kappa shape index (κ2) is 7.02. The number of carbonyl (C=O) groups excluding carboxylic acids is 1. The van der Waals surface area contributed by atoms with Crippen LogP contribution in [0.3, 0.4) is 0 Å². The van der Waals surface area contributed by atoms with E-state index in [1.807, 2.05) is 12.1 Å². The Kier molecular flexibility index (Phi) is 4.64. The molecule has 0 radical (unpaired) electrons. The molecule has 0 saturated heterocycles. The maximum absolute atomic E-state index is 12.5. The van der Waals surface area contributed by atoms with Crippen molar-refractivity contribution >= 4 is 33.3 Å². The van der Waals surface area contributed by atoms with Crippen molar-refractivity contribution in [2.75, 3.05) is 5.32 Å². The predicted molar refractivity (Wildman–Crippen MR) is 94.0 cm³/mol. The van der Waals surface area contributed by atoms with E-state index in [-0.39, 0.29) is 5.78 Å². The fraction of sp³-hybridized carbons (Fsp3) is 0. The van der Waals surface area contributed by atoms with Crippen molar-refractivity contribution in [2.45, 2.75) is 0 Å². The van der Waals surface area contributed by atoms with Crippen molar-refractivity contribution in [3.05, 3.63) is 82.1 Å². The highest BCUT2D eigenvalue weighted by atomic mass is 79.9. The average Bonchev–Trinajstić information content (AvgIpc) is 2.63. The zero-order valence-corrected chi connectivity index (χ0v) is 14.0. The number of nitrogens with one attached hydrogen (secondary N) is 1. The van der Waals surface area contributed by atoms with Gasteiger partial charge in [-0.2, -0.15) is 5.26 Å². The van der Waals surface area contributed by atoms with E-state index in [9.17, 15) is 4.79 Å². The van der Waals surface area contributed by atoms with Crippen LogP contribution in [-0.2, 0) is 0 Å². The minimum Gasteiger partial charge on any atom is -0.324 e. The molecule has 3 rings (SSSR count). The molecule has 0 saturated carbocycles. The fourth-order valence-electron chi connectivity index (χ4n) is 2.05. The maximum Gasteiger partial charge on any atom is 0.227 e. The Bertz CT molecular complexity index is 915. The van der Waals surface area contributed by atoms with Crippen molar-refractivity contribution < 1.29 is 4.79 Å². The molecule has 0 spiro atoms. The van der Waals surface area contributed by atoms with Gasteiger partial charge < -0.3 is 5.32 Å². The van der Waals surface area contributed by atoms with Gasteiger partial charge in [-0.3, -0.25) is 4.79 Å². The average molecular weight is 379 g/mol. The number of nitrogens with zero attached hydrogens (tertiary/aromatic N) is 3. The van der Waals surface area contributed by atoms with Crippen LogP contribution in [-0.4, -0.2) is 15.8 Å². The quantitative estimate of drug-likeness (QED) is 0.691. The number of rotatable bonds is 4. The number of ketones is 1. The lowest BCUT2D eigenvalue weighted by Crippen LogP contribution is -2.07. The molecule has 1 N–H and O–H groups in total. The summed E-state index contributed by atoms with van der Waals surface area (Å²) in [7, 11) is 0. The molecule has 0 fully saturated rings. The molecule has 0 bridgehead atoms. The van der Waals surface area contributed by atoms with Crippen LogP contribution in [0.15, 0.2) is 65.3 Å². The van der Waals surface area contributed by atoms with E-state index in [1.165, 1.54) is 6.20 Å². The molecule has 0 aliphatic carbocycles. The molecule has 0 atom stereocenters. The van der Waals surface area contributed by atoms with Gasteiger partial charge >= 0.3 is 0 Å². The third kappa shape index (κ3) is 3.65. The number of anilines is 2. The van der Waals surface area contributed by atoms with E-state index < -0.39 is 0 Å². The minimum atomic E-state index is -0.173. The molecular weight excluding hydrogens is 368 g/mol. The standard InChI is InChI=1S/C18H11BrN4O/c19-14-5-3-13(4-6-14)17(24)16-9-10-21-18(23-16)22-15-7-1-12(11-20)2-8-15/h1-10H,(H,21,22,23). The zero-order valence-electron chi connectivity index (χ0n) is 12.4. The molecule has 0 aliphatic rings. The van der Waals surface area contributed by atoms with Crippen LogP contribution in [0, 0.1) is 11.3 Å². The second-order valence-electron chi connectivity index (χ2n) is 4.92. The van der Waals surface area contributed by atoms with Gasteiger partial charge in [0.15, 0.2) is 0 Å². The van der Waals surface area contributed by atoms with Crippen molar-refractivity contribution in [2.24, 2.45) is 0 Å². The van der Waals surface area contributed by atoms with E-state index in [4.69, 9.17) is 5.26 Å². The Labute approximate surface area is 147 Å². The highest BCUT2D eigenvalue weighted by molar-refractivity contribution is 9.10. The Balaban J connectivity index is 1.82. The lowest BCUT2D eigenvalue weighted by Gasteiger charge is -2.06. The topological polar surface area (TPSA) is 78.7 Å². The Morgan fingerprint density at radius 2 is 1.75 bits per heavy atom. The number of aromatic nitrogens is 2. The van der Waals surface area contributed by atoms with Crippen LogP contribution in [0.25, 0.3) is 0 Å². The first kappa shape index (κ1) is 15.8. The van der Waals surface area contributed by atoms with Gasteiger partial charge in [-0.15, -0.1) is 0 Å². The van der Waals surface area contributed by atoms with Gasteiger partial charge in [0, 0.05) is 21.9 Å². The van der Waals surface area contributed by atoms with Crippen molar-refractivity contribution in [1.29, 1.82) is 5.26 Å². The van der Waals surface area contributed by atoms with Crippen LogP contribution in [0.2, 0.25) is 0 Å². The molecular formula is C18H11BrN4O. The van der Waals surface area contributed by atoms with E-state index in [1.54, 1.807) is 42.5 Å². The SMILES string of the molecule is N#Cc1ccc(Nc2nccc(C(=O)c3ccc(Br)cc3)n2)cc1. The van der Waals surface area contributed by atoms with Gasteiger partial charge in [0.25, 0.3) is 0 Å². The Morgan fingerprint density at radius 1 is 1.04 bits per heavy atom. The van der Waals surface area contributed by atoms with Gasteiger partial charge in [0.05, 0.1) is 11.6 Å². The van der Waals surface area contributed by atoms with Crippen molar-refractivity contribution in [1.82, 2.24) is 9.97 Å². The molecule has 0 amide bonds. The van der Waals surface area contributed by atoms with E-state index in [2.05, 4.69) is 37.3 Å². The van der Waals surface area contributed by atoms with E-state index in [0.717, 1.165) is 10.2 Å². The summed E-state index contributed by atoms with van der Waals surface area (Å²) in [4.78, 5) is 20.9. The summed E-state index contributed by atoms with van der Waals surface area (Å²) in [6, 6.07) is 17.6. The number of carbonyl (C=O) groups is 1. The molecule has 6 heteroatoms. The summed E-state index contributed by atoms with van der Waals surface area (Å²) in [6.07, 6.45) is 1.53. The van der Waals surface area contributed by atoms with E-state index in [0.29, 0.717) is 22.8 Å². The van der Waals surface area contributed by atoms with Gasteiger partial charge in [0.1, 0.15) is 5.69 Å². The van der Waals surface area contributed by atoms with Crippen LogP contribution in [0.4, 0.5) is 11.6 Å². The number of benzene rings is 2. The summed E-state index contributed by atoms with van der Waals surface area (Å²) in [6.45, 7) is 0. The summed E-state index contributed by atoms with van der Waals surface area (Å²) < 4.78 is 0.907.